The van der Waals surface area contributed by atoms with Crippen LogP contribution in [0.5, 0.6) is 0 Å². The summed E-state index contributed by atoms with van der Waals surface area (Å²) in [4.78, 5) is 13.5. The minimum Gasteiger partial charge on any atom is -0.353 e. The van der Waals surface area contributed by atoms with E-state index in [1.54, 1.807) is 0 Å². The van der Waals surface area contributed by atoms with Crippen molar-refractivity contribution in [3.8, 4) is 0 Å². The molecule has 2 aliphatic carbocycles. The summed E-state index contributed by atoms with van der Waals surface area (Å²) in [6.45, 7) is 5.56. The highest BCUT2D eigenvalue weighted by Gasteiger charge is 2.26. The van der Waals surface area contributed by atoms with E-state index in [4.69, 9.17) is 5.73 Å². The van der Waals surface area contributed by atoms with Crippen LogP contribution >= 0.6 is 0 Å². The number of nitrogens with one attached hydrogen (secondary N) is 1. The van der Waals surface area contributed by atoms with Crippen LogP contribution in [-0.2, 0) is 11.3 Å². The standard InChI is InChI=1S/C33H45N3O/c1-23(2)25-11-8-12-26(19-25)30(20-33(37)35-28-17-15-27(34)16-18-28)31-22-36(21-24-9-4-3-5-10-24)32-14-7-6-13-29(31)32/h6-8,11-14,19,22-24,27-28,30H,3-5,9-10,15-18,20-21,34H2,1-2H3,(H,35,37). The fourth-order valence-corrected chi connectivity index (χ4v) is 6.63. The highest BCUT2D eigenvalue weighted by atomic mass is 16.1. The Bertz CT molecular complexity index is 1180. The largest absolute Gasteiger partial charge is 0.353 e. The Kier molecular flexibility index (Phi) is 8.34. The third-order valence-electron chi connectivity index (χ3n) is 8.88. The Balaban J connectivity index is 1.48. The van der Waals surface area contributed by atoms with E-state index in [-0.39, 0.29) is 23.9 Å². The quantitative estimate of drug-likeness (QED) is 0.343. The van der Waals surface area contributed by atoms with E-state index >= 15 is 0 Å². The molecule has 2 aliphatic rings. The average Bonchev–Trinajstić information content (AvgIpc) is 3.27. The third-order valence-corrected chi connectivity index (χ3v) is 8.88. The van der Waals surface area contributed by atoms with Gasteiger partial charge in [0.1, 0.15) is 0 Å². The van der Waals surface area contributed by atoms with E-state index in [1.165, 1.54) is 59.7 Å². The van der Waals surface area contributed by atoms with Gasteiger partial charge in [-0.2, -0.15) is 0 Å². The summed E-state index contributed by atoms with van der Waals surface area (Å²) < 4.78 is 2.49. The normalized spacial score (nSPS) is 21.8. The molecule has 3 aromatic rings. The molecule has 3 N–H and O–H groups in total. The maximum Gasteiger partial charge on any atom is 0.221 e. The van der Waals surface area contributed by atoms with Crippen molar-refractivity contribution in [2.75, 3.05) is 0 Å². The van der Waals surface area contributed by atoms with Gasteiger partial charge in [0, 0.05) is 48.1 Å². The zero-order valence-electron chi connectivity index (χ0n) is 22.8. The number of carbonyl (C=O) groups excluding carboxylic acids is 1. The molecule has 1 unspecified atom stereocenters. The van der Waals surface area contributed by atoms with Gasteiger partial charge in [0.05, 0.1) is 0 Å². The number of hydrogen-bond acceptors (Lipinski definition) is 2. The van der Waals surface area contributed by atoms with Gasteiger partial charge in [0.25, 0.3) is 0 Å². The third kappa shape index (κ3) is 6.29. The predicted octanol–water partition coefficient (Wildman–Crippen LogP) is 7.25. The molecule has 1 aromatic heterocycles. The lowest BCUT2D eigenvalue weighted by Gasteiger charge is -2.27. The van der Waals surface area contributed by atoms with Crippen LogP contribution in [0.4, 0.5) is 0 Å². The lowest BCUT2D eigenvalue weighted by Crippen LogP contribution is -2.40. The van der Waals surface area contributed by atoms with E-state index in [9.17, 15) is 4.79 Å². The van der Waals surface area contributed by atoms with Crippen molar-refractivity contribution in [1.29, 1.82) is 0 Å². The summed E-state index contributed by atoms with van der Waals surface area (Å²) in [7, 11) is 0. The molecule has 0 radical (unpaired) electrons. The van der Waals surface area contributed by atoms with Gasteiger partial charge in [0.15, 0.2) is 0 Å². The second-order valence-electron chi connectivity index (χ2n) is 12.0. The van der Waals surface area contributed by atoms with Crippen LogP contribution in [-0.4, -0.2) is 22.6 Å². The molecule has 0 saturated heterocycles. The van der Waals surface area contributed by atoms with Crippen molar-refractivity contribution in [3.05, 3.63) is 71.4 Å². The lowest BCUT2D eigenvalue weighted by molar-refractivity contribution is -0.122. The number of nitrogens with two attached hydrogens (primary N) is 1. The molecular weight excluding hydrogens is 454 g/mol. The molecule has 1 heterocycles. The molecule has 2 fully saturated rings. The first kappa shape index (κ1) is 26.0. The number of benzene rings is 2. The summed E-state index contributed by atoms with van der Waals surface area (Å²) in [5, 5.41) is 4.65. The van der Waals surface area contributed by atoms with Crippen LogP contribution < -0.4 is 11.1 Å². The van der Waals surface area contributed by atoms with Crippen LogP contribution in [0.15, 0.2) is 54.7 Å². The molecule has 2 aromatic carbocycles. The van der Waals surface area contributed by atoms with Crippen LogP contribution in [0.1, 0.15) is 107 Å². The van der Waals surface area contributed by atoms with Crippen molar-refractivity contribution in [1.82, 2.24) is 9.88 Å². The Labute approximate surface area is 223 Å². The minimum absolute atomic E-state index is 0.0297. The highest BCUT2D eigenvalue weighted by Crippen LogP contribution is 2.37. The summed E-state index contributed by atoms with van der Waals surface area (Å²) in [5.74, 6) is 1.39. The Hall–Kier alpha value is -2.59. The maximum absolute atomic E-state index is 13.5. The fourth-order valence-electron chi connectivity index (χ4n) is 6.63. The molecule has 0 spiro atoms. The molecule has 0 bridgehead atoms. The first-order valence-electron chi connectivity index (χ1n) is 14.7. The molecule has 4 heteroatoms. The van der Waals surface area contributed by atoms with Gasteiger partial charge in [-0.15, -0.1) is 0 Å². The molecule has 4 nitrogen and oxygen atoms in total. The zero-order chi connectivity index (χ0) is 25.8. The van der Waals surface area contributed by atoms with E-state index < -0.39 is 0 Å². The molecule has 37 heavy (non-hydrogen) atoms. The molecule has 198 valence electrons. The SMILES string of the molecule is CC(C)c1cccc(C(CC(=O)NC2CCC(N)CC2)c2cn(CC3CCCCC3)c3ccccc23)c1. The van der Waals surface area contributed by atoms with Gasteiger partial charge >= 0.3 is 0 Å². The summed E-state index contributed by atoms with van der Waals surface area (Å²) >= 11 is 0. The zero-order valence-corrected chi connectivity index (χ0v) is 22.8. The average molecular weight is 500 g/mol. The van der Waals surface area contributed by atoms with Gasteiger partial charge in [-0.25, -0.2) is 0 Å². The Morgan fingerprint density at radius 1 is 0.946 bits per heavy atom. The number of para-hydroxylation sites is 1. The van der Waals surface area contributed by atoms with E-state index in [2.05, 4.69) is 78.5 Å². The second kappa shape index (κ2) is 11.9. The number of amides is 1. The minimum atomic E-state index is 0.0297. The second-order valence-corrected chi connectivity index (χ2v) is 12.0. The summed E-state index contributed by atoms with van der Waals surface area (Å²) in [6.07, 6.45) is 13.6. The smallest absolute Gasteiger partial charge is 0.221 e. The van der Waals surface area contributed by atoms with Gasteiger partial charge in [-0.1, -0.05) is 75.6 Å². The number of fused-ring (bicyclic) bond motifs is 1. The van der Waals surface area contributed by atoms with Crippen molar-refractivity contribution in [3.63, 3.8) is 0 Å². The Morgan fingerprint density at radius 2 is 1.68 bits per heavy atom. The number of nitrogens with zero attached hydrogens (tertiary/aromatic N) is 1. The van der Waals surface area contributed by atoms with Crippen LogP contribution in [0.3, 0.4) is 0 Å². The lowest BCUT2D eigenvalue weighted by atomic mass is 9.85. The van der Waals surface area contributed by atoms with E-state index in [0.717, 1.165) is 38.1 Å². The predicted molar refractivity (Wildman–Crippen MR) is 154 cm³/mol. The van der Waals surface area contributed by atoms with Crippen molar-refractivity contribution < 1.29 is 4.79 Å². The molecular formula is C33H45N3O. The molecule has 1 amide bonds. The van der Waals surface area contributed by atoms with Crippen LogP contribution in [0, 0.1) is 5.92 Å². The number of hydrogen-bond donors (Lipinski definition) is 2. The summed E-state index contributed by atoms with van der Waals surface area (Å²) in [5.41, 5.74) is 11.3. The van der Waals surface area contributed by atoms with Crippen molar-refractivity contribution in [2.45, 2.75) is 109 Å². The fraction of sp³-hybridized carbons (Fsp3) is 0.545. The highest BCUT2D eigenvalue weighted by molar-refractivity contribution is 5.86. The van der Waals surface area contributed by atoms with Gasteiger partial charge in [-0.3, -0.25) is 4.79 Å². The van der Waals surface area contributed by atoms with Gasteiger partial charge in [-0.05, 0) is 73.1 Å². The first-order valence-corrected chi connectivity index (χ1v) is 14.7. The molecule has 1 atom stereocenters. The molecule has 5 rings (SSSR count). The van der Waals surface area contributed by atoms with Gasteiger partial charge in [0.2, 0.25) is 5.91 Å². The number of carbonyl (C=O) groups is 1. The van der Waals surface area contributed by atoms with Crippen LogP contribution in [0.2, 0.25) is 0 Å². The maximum atomic E-state index is 13.5. The van der Waals surface area contributed by atoms with E-state index in [1.807, 2.05) is 0 Å². The Morgan fingerprint density at radius 3 is 2.43 bits per heavy atom. The van der Waals surface area contributed by atoms with Gasteiger partial charge < -0.3 is 15.6 Å². The number of rotatable bonds is 8. The monoisotopic (exact) mass is 499 g/mol. The molecule has 0 aliphatic heterocycles. The molecule has 2 saturated carbocycles. The topological polar surface area (TPSA) is 60.1 Å². The van der Waals surface area contributed by atoms with E-state index in [0.29, 0.717) is 12.3 Å². The summed E-state index contributed by atoms with van der Waals surface area (Å²) in [6, 6.07) is 18.3. The van der Waals surface area contributed by atoms with Crippen molar-refractivity contribution >= 4 is 16.8 Å². The van der Waals surface area contributed by atoms with Crippen LogP contribution in [0.25, 0.3) is 10.9 Å². The van der Waals surface area contributed by atoms with Crippen molar-refractivity contribution in [2.24, 2.45) is 11.7 Å². The number of aromatic nitrogens is 1. The first-order chi connectivity index (χ1) is 18.0.